The fraction of sp³-hybridized carbons (Fsp3) is 0.222. The van der Waals surface area contributed by atoms with Crippen molar-refractivity contribution < 1.29 is 13.5 Å². The van der Waals surface area contributed by atoms with E-state index in [2.05, 4.69) is 41.3 Å². The molecule has 2 heterocycles. The van der Waals surface area contributed by atoms with Crippen LogP contribution in [0.25, 0.3) is 0 Å². The fourth-order valence-electron chi connectivity index (χ4n) is 2.34. The number of aromatic nitrogens is 2. The summed E-state index contributed by atoms with van der Waals surface area (Å²) in [4.78, 5) is 9.63. The molecule has 4 N–H and O–H groups in total. The zero-order valence-electron chi connectivity index (χ0n) is 15.5. The Hall–Kier alpha value is -2.05. The van der Waals surface area contributed by atoms with Gasteiger partial charge in [0.25, 0.3) is 0 Å². The smallest absolute Gasteiger partial charge is 0.240 e. The van der Waals surface area contributed by atoms with E-state index in [1.807, 2.05) is 24.4 Å². The van der Waals surface area contributed by atoms with Crippen LogP contribution in [0.3, 0.4) is 0 Å². The van der Waals surface area contributed by atoms with Crippen LogP contribution in [0.2, 0.25) is 0 Å². The first kappa shape index (κ1) is 21.7. The molecule has 154 valence electrons. The van der Waals surface area contributed by atoms with Crippen LogP contribution in [0.1, 0.15) is 11.8 Å². The Morgan fingerprint density at radius 3 is 2.83 bits per heavy atom. The van der Waals surface area contributed by atoms with Crippen LogP contribution in [0.4, 0.5) is 17.5 Å². The number of nitrogens with one attached hydrogen (secondary N) is 3. The van der Waals surface area contributed by atoms with E-state index < -0.39 is 10.0 Å². The maximum absolute atomic E-state index is 12.6. The number of nitrogens with zero attached hydrogens (tertiary/aromatic N) is 2. The first-order chi connectivity index (χ1) is 13.9. The summed E-state index contributed by atoms with van der Waals surface area (Å²) >= 11 is 4.85. The summed E-state index contributed by atoms with van der Waals surface area (Å²) in [5, 5.41) is 17.2. The molecule has 29 heavy (non-hydrogen) atoms. The molecule has 11 heteroatoms. The Balaban J connectivity index is 1.75. The number of hydrogen-bond acceptors (Lipinski definition) is 8. The Kier molecular flexibility index (Phi) is 7.19. The average Bonchev–Trinajstić information content (AvgIpc) is 3.23. The second-order valence-corrected chi connectivity index (χ2v) is 9.83. The number of rotatable bonds is 9. The minimum Gasteiger partial charge on any atom is -0.394 e. The van der Waals surface area contributed by atoms with Crippen molar-refractivity contribution in [3.05, 3.63) is 57.3 Å². The van der Waals surface area contributed by atoms with E-state index in [4.69, 9.17) is 0 Å². The molecular weight excluding hydrogens is 478 g/mol. The average molecular weight is 498 g/mol. The number of aliphatic hydroxyl groups excluding tert-OH is 1. The number of aliphatic hydroxyl groups is 1. The number of benzene rings is 1. The summed E-state index contributed by atoms with van der Waals surface area (Å²) in [5.74, 6) is 0.812. The van der Waals surface area contributed by atoms with Crippen molar-refractivity contribution in [1.29, 1.82) is 0 Å². The second kappa shape index (κ2) is 9.63. The zero-order valence-corrected chi connectivity index (χ0v) is 18.7. The molecule has 0 spiro atoms. The Morgan fingerprint density at radius 2 is 2.10 bits per heavy atom. The molecule has 0 bridgehead atoms. The molecule has 3 rings (SSSR count). The van der Waals surface area contributed by atoms with E-state index in [-0.39, 0.29) is 24.1 Å². The third-order valence-corrected chi connectivity index (χ3v) is 6.67. The van der Waals surface area contributed by atoms with Gasteiger partial charge in [-0.05, 0) is 52.5 Å². The molecule has 0 saturated carbocycles. The molecule has 2 aromatic heterocycles. The van der Waals surface area contributed by atoms with E-state index in [0.29, 0.717) is 21.9 Å². The van der Waals surface area contributed by atoms with Gasteiger partial charge in [-0.1, -0.05) is 12.1 Å². The van der Waals surface area contributed by atoms with E-state index >= 15 is 0 Å². The van der Waals surface area contributed by atoms with Crippen LogP contribution in [0, 0.1) is 0 Å². The number of halogens is 1. The summed E-state index contributed by atoms with van der Waals surface area (Å²) in [6, 6.07) is 9.99. The fourth-order valence-corrected chi connectivity index (χ4v) is 4.43. The summed E-state index contributed by atoms with van der Waals surface area (Å²) in [5.41, 5.74) is 0.535. The lowest BCUT2D eigenvalue weighted by molar-refractivity contribution is 0.281. The van der Waals surface area contributed by atoms with Gasteiger partial charge in [-0.25, -0.2) is 18.1 Å². The molecule has 0 amide bonds. The predicted octanol–water partition coefficient (Wildman–Crippen LogP) is 3.32. The van der Waals surface area contributed by atoms with Gasteiger partial charge in [0.2, 0.25) is 16.0 Å². The number of anilines is 3. The standard InChI is InChI=1S/C18H20BrN5O3S2/c1-12(11-25)22-17-16(19)10-20-18(24-17)23-13-4-2-6-15(8-13)29(26,27)21-9-14-5-3-7-28-14/h2-8,10,12,21,25H,9,11H2,1H3,(H2,20,22,23,24)/t12-/m1/s1. The highest BCUT2D eigenvalue weighted by molar-refractivity contribution is 9.10. The maximum atomic E-state index is 12.6. The maximum Gasteiger partial charge on any atom is 0.240 e. The van der Waals surface area contributed by atoms with Crippen molar-refractivity contribution >= 4 is 54.7 Å². The quantitative estimate of drug-likeness (QED) is 0.358. The van der Waals surface area contributed by atoms with Crippen molar-refractivity contribution in [3.63, 3.8) is 0 Å². The number of thiophene rings is 1. The van der Waals surface area contributed by atoms with Gasteiger partial charge >= 0.3 is 0 Å². The Morgan fingerprint density at radius 1 is 1.28 bits per heavy atom. The van der Waals surface area contributed by atoms with Crippen LogP contribution in [0.15, 0.2) is 57.3 Å². The first-order valence-electron chi connectivity index (χ1n) is 8.66. The van der Waals surface area contributed by atoms with Gasteiger partial charge in [0.1, 0.15) is 5.82 Å². The molecule has 0 aliphatic carbocycles. The summed E-state index contributed by atoms with van der Waals surface area (Å²) in [7, 11) is -3.66. The van der Waals surface area contributed by atoms with Gasteiger partial charge in [-0.3, -0.25) is 0 Å². The highest BCUT2D eigenvalue weighted by Crippen LogP contribution is 2.24. The molecule has 0 radical (unpaired) electrons. The normalized spacial score (nSPS) is 12.5. The monoisotopic (exact) mass is 497 g/mol. The van der Waals surface area contributed by atoms with Gasteiger partial charge in [0.05, 0.1) is 16.0 Å². The molecular formula is C18H20BrN5O3S2. The summed E-state index contributed by atoms with van der Waals surface area (Å²) in [6.07, 6.45) is 1.57. The molecule has 1 aromatic carbocycles. The lowest BCUT2D eigenvalue weighted by atomic mass is 10.3. The van der Waals surface area contributed by atoms with E-state index in [1.54, 1.807) is 18.3 Å². The summed E-state index contributed by atoms with van der Waals surface area (Å²) in [6.45, 7) is 2.02. The van der Waals surface area contributed by atoms with E-state index in [0.717, 1.165) is 4.88 Å². The molecule has 0 aliphatic heterocycles. The largest absolute Gasteiger partial charge is 0.394 e. The first-order valence-corrected chi connectivity index (χ1v) is 11.8. The van der Waals surface area contributed by atoms with Gasteiger partial charge < -0.3 is 15.7 Å². The zero-order chi connectivity index (χ0) is 20.9. The van der Waals surface area contributed by atoms with Crippen LogP contribution in [-0.2, 0) is 16.6 Å². The highest BCUT2D eigenvalue weighted by atomic mass is 79.9. The van der Waals surface area contributed by atoms with Crippen molar-refractivity contribution in [2.24, 2.45) is 0 Å². The Labute approximate surface area is 181 Å². The SMILES string of the molecule is C[C@H](CO)Nc1nc(Nc2cccc(S(=O)(=O)NCc3cccs3)c2)ncc1Br. The topological polar surface area (TPSA) is 116 Å². The van der Waals surface area contributed by atoms with Gasteiger partial charge in [-0.15, -0.1) is 11.3 Å². The van der Waals surface area contributed by atoms with Gasteiger partial charge in [0, 0.05) is 29.3 Å². The Bertz CT molecular complexity index is 1060. The minimum absolute atomic E-state index is 0.0441. The van der Waals surface area contributed by atoms with Crippen molar-refractivity contribution in [3.8, 4) is 0 Å². The van der Waals surface area contributed by atoms with Crippen molar-refractivity contribution in [1.82, 2.24) is 14.7 Å². The lowest BCUT2D eigenvalue weighted by Gasteiger charge is -2.14. The highest BCUT2D eigenvalue weighted by Gasteiger charge is 2.15. The second-order valence-electron chi connectivity index (χ2n) is 6.17. The summed E-state index contributed by atoms with van der Waals surface area (Å²) < 4.78 is 28.4. The van der Waals surface area contributed by atoms with Crippen LogP contribution in [-0.4, -0.2) is 36.1 Å². The van der Waals surface area contributed by atoms with Crippen molar-refractivity contribution in [2.75, 3.05) is 17.2 Å². The molecule has 0 fully saturated rings. The molecule has 0 unspecified atom stereocenters. The number of hydrogen-bond donors (Lipinski definition) is 4. The minimum atomic E-state index is -3.66. The van der Waals surface area contributed by atoms with Crippen molar-refractivity contribution in [2.45, 2.75) is 24.4 Å². The number of sulfonamides is 1. The predicted molar refractivity (Wildman–Crippen MR) is 118 cm³/mol. The third kappa shape index (κ3) is 5.97. The molecule has 0 aliphatic rings. The van der Waals surface area contributed by atoms with Gasteiger partial charge in [0.15, 0.2) is 0 Å². The molecule has 8 nitrogen and oxygen atoms in total. The van der Waals surface area contributed by atoms with Crippen LogP contribution >= 0.6 is 27.3 Å². The van der Waals surface area contributed by atoms with Gasteiger partial charge in [-0.2, -0.15) is 4.98 Å². The van der Waals surface area contributed by atoms with Crippen LogP contribution < -0.4 is 15.4 Å². The molecule has 0 saturated heterocycles. The third-order valence-electron chi connectivity index (χ3n) is 3.82. The van der Waals surface area contributed by atoms with Crippen LogP contribution in [0.5, 0.6) is 0 Å². The molecule has 3 aromatic rings. The van der Waals surface area contributed by atoms with E-state index in [9.17, 15) is 13.5 Å². The lowest BCUT2D eigenvalue weighted by Crippen LogP contribution is -2.22. The molecule has 1 atom stereocenters. The van der Waals surface area contributed by atoms with E-state index in [1.165, 1.54) is 23.5 Å².